The number of halogens is 1. The Balaban J connectivity index is 1.61. The van der Waals surface area contributed by atoms with E-state index in [0.717, 1.165) is 33.6 Å². The van der Waals surface area contributed by atoms with Gasteiger partial charge in [-0.1, -0.05) is 56.3 Å². The van der Waals surface area contributed by atoms with Gasteiger partial charge in [-0.05, 0) is 94.3 Å². The summed E-state index contributed by atoms with van der Waals surface area (Å²) in [6.45, 7) is 8.98. The number of hydrogen-bond acceptors (Lipinski definition) is 6. The minimum absolute atomic E-state index is 0.204. The van der Waals surface area contributed by atoms with Crippen LogP contribution in [0.15, 0.2) is 93.2 Å². The topological polar surface area (TPSA) is 74.9 Å². The summed E-state index contributed by atoms with van der Waals surface area (Å²) in [5.74, 6) is 2.64. The molecule has 0 spiro atoms. The van der Waals surface area contributed by atoms with Gasteiger partial charge in [-0.25, -0.2) is 4.98 Å². The van der Waals surface area contributed by atoms with E-state index in [9.17, 15) is 4.79 Å². The fourth-order valence-electron chi connectivity index (χ4n) is 4.89. The van der Waals surface area contributed by atoms with Crippen LogP contribution in [0.25, 0.3) is 22.3 Å². The zero-order valence-corrected chi connectivity index (χ0v) is 26.5. The van der Waals surface area contributed by atoms with Crippen molar-refractivity contribution in [3.63, 3.8) is 0 Å². The number of methoxy groups -OCH3 is 1. The van der Waals surface area contributed by atoms with E-state index in [-0.39, 0.29) is 11.5 Å². The second-order valence-corrected chi connectivity index (χ2v) is 11.3. The van der Waals surface area contributed by atoms with Crippen molar-refractivity contribution in [3.05, 3.63) is 116 Å². The molecule has 0 fully saturated rings. The molecule has 0 amide bonds. The van der Waals surface area contributed by atoms with Crippen LogP contribution in [0.2, 0.25) is 0 Å². The van der Waals surface area contributed by atoms with Crippen LogP contribution in [0, 0.1) is 6.92 Å². The van der Waals surface area contributed by atoms with Crippen LogP contribution in [-0.2, 0) is 6.61 Å². The maximum atomic E-state index is 13.8. The van der Waals surface area contributed by atoms with Crippen molar-refractivity contribution in [1.29, 1.82) is 0 Å². The molecular formula is C35H34BrN3O4. The molecule has 0 aliphatic carbocycles. The third-order valence-electron chi connectivity index (χ3n) is 7.07. The molecule has 0 atom stereocenters. The molecule has 0 aliphatic rings. The Morgan fingerprint density at radius 3 is 2.44 bits per heavy atom. The van der Waals surface area contributed by atoms with E-state index in [1.165, 1.54) is 4.68 Å². The van der Waals surface area contributed by atoms with E-state index in [1.54, 1.807) is 19.4 Å². The Labute approximate surface area is 259 Å². The van der Waals surface area contributed by atoms with Gasteiger partial charge in [0.2, 0.25) is 0 Å². The second kappa shape index (κ2) is 13.3. The molecule has 0 aliphatic heterocycles. The van der Waals surface area contributed by atoms with Crippen molar-refractivity contribution in [1.82, 2.24) is 9.66 Å². The predicted molar refractivity (Wildman–Crippen MR) is 176 cm³/mol. The molecule has 0 saturated carbocycles. The van der Waals surface area contributed by atoms with E-state index in [4.69, 9.17) is 24.3 Å². The number of ether oxygens (including phenoxy) is 3. The van der Waals surface area contributed by atoms with Gasteiger partial charge in [-0.15, -0.1) is 0 Å². The van der Waals surface area contributed by atoms with Crippen molar-refractivity contribution in [2.45, 2.75) is 40.2 Å². The zero-order valence-electron chi connectivity index (χ0n) is 24.9. The van der Waals surface area contributed by atoms with Crippen LogP contribution in [0.4, 0.5) is 0 Å². The predicted octanol–water partition coefficient (Wildman–Crippen LogP) is 8.13. The highest BCUT2D eigenvalue weighted by Gasteiger charge is 2.19. The Hall–Kier alpha value is -4.43. The van der Waals surface area contributed by atoms with Gasteiger partial charge in [-0.3, -0.25) is 4.79 Å². The molecule has 4 aromatic carbocycles. The van der Waals surface area contributed by atoms with Crippen LogP contribution in [0.3, 0.4) is 0 Å². The van der Waals surface area contributed by atoms with Gasteiger partial charge in [0.25, 0.3) is 5.56 Å². The molecule has 0 bridgehead atoms. The first-order valence-electron chi connectivity index (χ1n) is 14.2. The summed E-state index contributed by atoms with van der Waals surface area (Å²) in [6, 6.07) is 25.0. The molecule has 5 aromatic rings. The standard InChI is InChI=1S/C35H34BrN3O4/c1-6-42-32-18-25(17-29(36)33(32)43-21-24-12-8-7-9-13-24)20-37-39-34(38-30-15-11-10-14-26(30)35(39)40)28-19-27(22(2)3)31(41-5)16-23(28)4/h7-20,22H,6,21H2,1-5H3. The molecule has 8 heteroatoms. The lowest BCUT2D eigenvalue weighted by atomic mass is 9.96. The summed E-state index contributed by atoms with van der Waals surface area (Å²) >= 11 is 3.65. The smallest absolute Gasteiger partial charge is 0.282 e. The van der Waals surface area contributed by atoms with Crippen LogP contribution in [0.5, 0.6) is 17.2 Å². The van der Waals surface area contributed by atoms with Gasteiger partial charge in [0, 0.05) is 5.56 Å². The highest BCUT2D eigenvalue weighted by molar-refractivity contribution is 9.10. The average Bonchev–Trinajstić information content (AvgIpc) is 3.00. The first kappa shape index (κ1) is 30.0. The number of hydrogen-bond donors (Lipinski definition) is 0. The minimum atomic E-state index is -0.259. The van der Waals surface area contributed by atoms with Gasteiger partial charge in [0.15, 0.2) is 17.3 Å². The van der Waals surface area contributed by atoms with Crippen molar-refractivity contribution < 1.29 is 14.2 Å². The van der Waals surface area contributed by atoms with Crippen molar-refractivity contribution in [2.75, 3.05) is 13.7 Å². The lowest BCUT2D eigenvalue weighted by molar-refractivity contribution is 0.267. The normalized spacial score (nSPS) is 11.4. The van der Waals surface area contributed by atoms with E-state index in [0.29, 0.717) is 45.9 Å². The SMILES string of the molecule is CCOc1cc(C=Nn2c(-c3cc(C(C)C)c(OC)cc3C)nc3ccccc3c2=O)cc(Br)c1OCc1ccccc1. The number of benzene rings is 4. The van der Waals surface area contributed by atoms with E-state index in [2.05, 4.69) is 29.8 Å². The monoisotopic (exact) mass is 639 g/mol. The summed E-state index contributed by atoms with van der Waals surface area (Å²) in [5, 5.41) is 5.18. The van der Waals surface area contributed by atoms with Gasteiger partial charge in [0.1, 0.15) is 12.4 Å². The lowest BCUT2D eigenvalue weighted by Gasteiger charge is -2.17. The number of fused-ring (bicyclic) bond motifs is 1. The van der Waals surface area contributed by atoms with E-state index in [1.807, 2.05) is 86.6 Å². The quantitative estimate of drug-likeness (QED) is 0.144. The molecule has 7 nitrogen and oxygen atoms in total. The van der Waals surface area contributed by atoms with Crippen LogP contribution >= 0.6 is 15.9 Å². The van der Waals surface area contributed by atoms with Crippen LogP contribution in [-0.4, -0.2) is 29.6 Å². The maximum Gasteiger partial charge on any atom is 0.282 e. The Morgan fingerprint density at radius 2 is 1.72 bits per heavy atom. The summed E-state index contributed by atoms with van der Waals surface area (Å²) in [7, 11) is 1.67. The zero-order chi connectivity index (χ0) is 30.5. The molecule has 1 aromatic heterocycles. The van der Waals surface area contributed by atoms with Crippen LogP contribution < -0.4 is 19.8 Å². The number of para-hydroxylation sites is 1. The number of aromatic nitrogens is 2. The number of nitrogens with zero attached hydrogens (tertiary/aromatic N) is 3. The van der Waals surface area contributed by atoms with Gasteiger partial charge in [0.05, 0.1) is 35.3 Å². The number of rotatable bonds is 10. The van der Waals surface area contributed by atoms with Crippen molar-refractivity contribution >= 4 is 33.0 Å². The molecule has 0 unspecified atom stereocenters. The third-order valence-corrected chi connectivity index (χ3v) is 7.66. The molecule has 1 heterocycles. The maximum absolute atomic E-state index is 13.8. The molecule has 43 heavy (non-hydrogen) atoms. The highest BCUT2D eigenvalue weighted by Crippen LogP contribution is 2.37. The Morgan fingerprint density at radius 1 is 0.977 bits per heavy atom. The van der Waals surface area contributed by atoms with Gasteiger partial charge < -0.3 is 14.2 Å². The van der Waals surface area contributed by atoms with Crippen molar-refractivity contribution in [2.24, 2.45) is 5.10 Å². The first-order chi connectivity index (χ1) is 20.8. The minimum Gasteiger partial charge on any atom is -0.496 e. The highest BCUT2D eigenvalue weighted by atomic mass is 79.9. The summed E-state index contributed by atoms with van der Waals surface area (Å²) in [5.41, 5.74) is 4.88. The molecule has 220 valence electrons. The number of aryl methyl sites for hydroxylation is 1. The molecule has 0 N–H and O–H groups in total. The average molecular weight is 641 g/mol. The fraction of sp³-hybridized carbons (Fsp3) is 0.229. The largest absolute Gasteiger partial charge is 0.496 e. The Bertz CT molecular complexity index is 1850. The Kier molecular flexibility index (Phi) is 9.26. The molecule has 0 saturated heterocycles. The summed E-state index contributed by atoms with van der Waals surface area (Å²) < 4.78 is 19.8. The molecular weight excluding hydrogens is 606 g/mol. The fourth-order valence-corrected chi connectivity index (χ4v) is 5.47. The van der Waals surface area contributed by atoms with Gasteiger partial charge >= 0.3 is 0 Å². The lowest BCUT2D eigenvalue weighted by Crippen LogP contribution is -2.20. The molecule has 0 radical (unpaired) electrons. The van der Waals surface area contributed by atoms with E-state index >= 15 is 0 Å². The summed E-state index contributed by atoms with van der Waals surface area (Å²) in [4.78, 5) is 18.8. The van der Waals surface area contributed by atoms with Crippen LogP contribution in [0.1, 0.15) is 48.9 Å². The van der Waals surface area contributed by atoms with E-state index < -0.39 is 0 Å². The van der Waals surface area contributed by atoms with Crippen molar-refractivity contribution in [3.8, 4) is 28.6 Å². The second-order valence-electron chi connectivity index (χ2n) is 10.4. The summed E-state index contributed by atoms with van der Waals surface area (Å²) in [6.07, 6.45) is 1.64. The first-order valence-corrected chi connectivity index (χ1v) is 15.0. The van der Waals surface area contributed by atoms with Gasteiger partial charge in [-0.2, -0.15) is 9.78 Å². The molecule has 5 rings (SSSR count). The third kappa shape index (κ3) is 6.49.